The Kier molecular flexibility index (Phi) is 5.48. The molecule has 2 nitrogen and oxygen atoms in total. The van der Waals surface area contributed by atoms with Crippen LogP contribution in [0.25, 0.3) is 0 Å². The van der Waals surface area contributed by atoms with Gasteiger partial charge in [-0.25, -0.2) is 0 Å². The lowest BCUT2D eigenvalue weighted by atomic mass is 10.1. The first-order chi connectivity index (χ1) is 8.77. The second kappa shape index (κ2) is 7.13. The first-order valence-corrected chi connectivity index (χ1v) is 7.24. The van der Waals surface area contributed by atoms with Crippen LogP contribution < -0.4 is 5.32 Å². The zero-order valence-corrected chi connectivity index (χ0v) is 11.7. The predicted molar refractivity (Wildman–Crippen MR) is 76.1 cm³/mol. The van der Waals surface area contributed by atoms with Crippen molar-refractivity contribution in [2.75, 3.05) is 13.2 Å². The highest BCUT2D eigenvalue weighted by molar-refractivity contribution is 6.31. The minimum atomic E-state index is 0.294. The van der Waals surface area contributed by atoms with Gasteiger partial charge in [0.25, 0.3) is 0 Å². The number of ether oxygens (including phenoxy) is 1. The van der Waals surface area contributed by atoms with Gasteiger partial charge in [0.2, 0.25) is 0 Å². The highest BCUT2D eigenvalue weighted by Gasteiger charge is 2.14. The Morgan fingerprint density at radius 3 is 2.94 bits per heavy atom. The van der Waals surface area contributed by atoms with Crippen LogP contribution in [0.2, 0.25) is 5.02 Å². The van der Waals surface area contributed by atoms with Crippen LogP contribution in [0, 0.1) is 0 Å². The Morgan fingerprint density at radius 1 is 1.39 bits per heavy atom. The van der Waals surface area contributed by atoms with Gasteiger partial charge < -0.3 is 10.1 Å². The predicted octanol–water partition coefficient (Wildman–Crippen LogP) is 3.95. The van der Waals surface area contributed by atoms with Crippen LogP contribution in [0.15, 0.2) is 24.3 Å². The Morgan fingerprint density at radius 2 is 2.22 bits per heavy atom. The SMILES string of the molecule is CC(NCCC1CCCCO1)c1ccccc1Cl. The summed E-state index contributed by atoms with van der Waals surface area (Å²) in [5, 5.41) is 4.36. The maximum absolute atomic E-state index is 6.18. The third-order valence-electron chi connectivity index (χ3n) is 3.56. The van der Waals surface area contributed by atoms with E-state index in [9.17, 15) is 0 Å². The molecule has 0 amide bonds. The normalized spacial score (nSPS) is 21.8. The van der Waals surface area contributed by atoms with E-state index in [0.717, 1.165) is 24.6 Å². The molecule has 0 bridgehead atoms. The van der Waals surface area contributed by atoms with Crippen molar-refractivity contribution in [2.45, 2.75) is 44.8 Å². The molecule has 1 heterocycles. The molecule has 1 fully saturated rings. The molecule has 0 radical (unpaired) electrons. The summed E-state index contributed by atoms with van der Waals surface area (Å²) in [5.74, 6) is 0. The maximum atomic E-state index is 6.18. The third kappa shape index (κ3) is 3.98. The molecule has 1 N–H and O–H groups in total. The van der Waals surface area contributed by atoms with Gasteiger partial charge in [-0.15, -0.1) is 0 Å². The molecule has 1 aromatic carbocycles. The molecule has 3 heteroatoms. The van der Waals surface area contributed by atoms with E-state index in [0.29, 0.717) is 12.1 Å². The van der Waals surface area contributed by atoms with Crippen molar-refractivity contribution in [1.29, 1.82) is 0 Å². The van der Waals surface area contributed by atoms with Crippen LogP contribution in [0.5, 0.6) is 0 Å². The molecule has 1 aliphatic rings. The minimum absolute atomic E-state index is 0.294. The molecule has 2 unspecified atom stereocenters. The Hall–Kier alpha value is -0.570. The first kappa shape index (κ1) is 13.9. The summed E-state index contributed by atoms with van der Waals surface area (Å²) in [6.45, 7) is 4.07. The second-order valence-electron chi connectivity index (χ2n) is 4.97. The summed E-state index contributed by atoms with van der Waals surface area (Å²) in [7, 11) is 0. The smallest absolute Gasteiger partial charge is 0.0587 e. The van der Waals surface area contributed by atoms with Crippen LogP contribution in [-0.2, 0) is 4.74 Å². The highest BCUT2D eigenvalue weighted by atomic mass is 35.5. The van der Waals surface area contributed by atoms with Crippen molar-refractivity contribution in [1.82, 2.24) is 5.32 Å². The zero-order chi connectivity index (χ0) is 12.8. The van der Waals surface area contributed by atoms with E-state index in [1.165, 1.54) is 24.8 Å². The van der Waals surface area contributed by atoms with Gasteiger partial charge in [-0.3, -0.25) is 0 Å². The number of nitrogens with one attached hydrogen (secondary N) is 1. The lowest BCUT2D eigenvalue weighted by Crippen LogP contribution is -2.27. The van der Waals surface area contributed by atoms with Gasteiger partial charge in [0.05, 0.1) is 6.10 Å². The largest absolute Gasteiger partial charge is 0.378 e. The zero-order valence-electron chi connectivity index (χ0n) is 11.0. The molecule has 0 spiro atoms. The van der Waals surface area contributed by atoms with Crippen LogP contribution >= 0.6 is 11.6 Å². The first-order valence-electron chi connectivity index (χ1n) is 6.87. The standard InChI is InChI=1S/C15H22ClNO/c1-12(14-7-2-3-8-15(14)16)17-10-9-13-6-4-5-11-18-13/h2-3,7-8,12-13,17H,4-6,9-11H2,1H3. The molecule has 0 aromatic heterocycles. The van der Waals surface area contributed by atoms with Gasteiger partial charge in [-0.1, -0.05) is 29.8 Å². The van der Waals surface area contributed by atoms with E-state index >= 15 is 0 Å². The minimum Gasteiger partial charge on any atom is -0.378 e. The fraction of sp³-hybridized carbons (Fsp3) is 0.600. The number of hydrogen-bond acceptors (Lipinski definition) is 2. The molecule has 100 valence electrons. The molecular weight excluding hydrogens is 246 g/mol. The molecule has 0 saturated carbocycles. The van der Waals surface area contributed by atoms with Crippen molar-refractivity contribution in [3.05, 3.63) is 34.9 Å². The molecule has 18 heavy (non-hydrogen) atoms. The van der Waals surface area contributed by atoms with Gasteiger partial charge in [0, 0.05) is 17.7 Å². The fourth-order valence-corrected chi connectivity index (χ4v) is 2.73. The van der Waals surface area contributed by atoms with E-state index in [-0.39, 0.29) is 0 Å². The number of hydrogen-bond donors (Lipinski definition) is 1. The van der Waals surface area contributed by atoms with Crippen LogP contribution in [0.1, 0.15) is 44.2 Å². The van der Waals surface area contributed by atoms with E-state index in [1.54, 1.807) is 0 Å². The topological polar surface area (TPSA) is 21.3 Å². The lowest BCUT2D eigenvalue weighted by Gasteiger charge is -2.23. The molecular formula is C15H22ClNO. The quantitative estimate of drug-likeness (QED) is 0.872. The van der Waals surface area contributed by atoms with E-state index in [4.69, 9.17) is 16.3 Å². The van der Waals surface area contributed by atoms with Gasteiger partial charge in [-0.05, 0) is 50.8 Å². The maximum Gasteiger partial charge on any atom is 0.0587 e. The van der Waals surface area contributed by atoms with Crippen molar-refractivity contribution >= 4 is 11.6 Å². The van der Waals surface area contributed by atoms with Gasteiger partial charge in [0.15, 0.2) is 0 Å². The average Bonchev–Trinajstić information content (AvgIpc) is 2.40. The van der Waals surface area contributed by atoms with E-state index < -0.39 is 0 Å². The Labute approximate surface area is 115 Å². The summed E-state index contributed by atoms with van der Waals surface area (Å²) in [6, 6.07) is 8.32. The van der Waals surface area contributed by atoms with Crippen molar-refractivity contribution in [3.63, 3.8) is 0 Å². The lowest BCUT2D eigenvalue weighted by molar-refractivity contribution is 0.0112. The third-order valence-corrected chi connectivity index (χ3v) is 3.91. The Balaban J connectivity index is 1.74. The molecule has 2 rings (SSSR count). The van der Waals surface area contributed by atoms with E-state index in [2.05, 4.69) is 18.3 Å². The summed E-state index contributed by atoms with van der Waals surface area (Å²) >= 11 is 6.18. The van der Waals surface area contributed by atoms with Crippen molar-refractivity contribution in [3.8, 4) is 0 Å². The fourth-order valence-electron chi connectivity index (χ4n) is 2.43. The number of benzene rings is 1. The average molecular weight is 268 g/mol. The van der Waals surface area contributed by atoms with Crippen LogP contribution in [0.3, 0.4) is 0 Å². The summed E-state index contributed by atoms with van der Waals surface area (Å²) < 4.78 is 5.72. The monoisotopic (exact) mass is 267 g/mol. The number of halogens is 1. The summed E-state index contributed by atoms with van der Waals surface area (Å²) in [4.78, 5) is 0. The number of rotatable bonds is 5. The summed E-state index contributed by atoms with van der Waals surface area (Å²) in [6.07, 6.45) is 5.28. The molecule has 1 saturated heterocycles. The van der Waals surface area contributed by atoms with Gasteiger partial charge in [0.1, 0.15) is 0 Å². The molecule has 2 atom stereocenters. The van der Waals surface area contributed by atoms with Gasteiger partial charge >= 0.3 is 0 Å². The molecule has 1 aliphatic heterocycles. The molecule has 0 aliphatic carbocycles. The Bertz CT molecular complexity index is 363. The van der Waals surface area contributed by atoms with Crippen molar-refractivity contribution < 1.29 is 4.74 Å². The van der Waals surface area contributed by atoms with Crippen LogP contribution in [0.4, 0.5) is 0 Å². The van der Waals surface area contributed by atoms with Crippen molar-refractivity contribution in [2.24, 2.45) is 0 Å². The molecule has 1 aromatic rings. The van der Waals surface area contributed by atoms with Crippen LogP contribution in [-0.4, -0.2) is 19.3 Å². The van der Waals surface area contributed by atoms with E-state index in [1.807, 2.05) is 18.2 Å². The second-order valence-corrected chi connectivity index (χ2v) is 5.38. The van der Waals surface area contributed by atoms with Gasteiger partial charge in [-0.2, -0.15) is 0 Å². The highest BCUT2D eigenvalue weighted by Crippen LogP contribution is 2.22. The summed E-state index contributed by atoms with van der Waals surface area (Å²) in [5.41, 5.74) is 1.17.